The Morgan fingerprint density at radius 2 is 1.96 bits per heavy atom. The van der Waals surface area contributed by atoms with Crippen molar-refractivity contribution >= 4 is 5.95 Å². The molecule has 0 spiro atoms. The number of aliphatic hydroxyl groups is 1. The van der Waals surface area contributed by atoms with Crippen molar-refractivity contribution in [1.82, 2.24) is 14.9 Å². The molecule has 1 aromatic carbocycles. The van der Waals surface area contributed by atoms with Crippen molar-refractivity contribution in [2.75, 3.05) is 39.2 Å². The second kappa shape index (κ2) is 7.68. The van der Waals surface area contributed by atoms with Gasteiger partial charge in [-0.2, -0.15) is 0 Å². The van der Waals surface area contributed by atoms with E-state index in [2.05, 4.69) is 14.9 Å². The van der Waals surface area contributed by atoms with Crippen molar-refractivity contribution in [3.05, 3.63) is 47.8 Å². The van der Waals surface area contributed by atoms with Crippen LogP contribution in [0.4, 0.5) is 5.95 Å². The van der Waals surface area contributed by atoms with Gasteiger partial charge in [-0.25, -0.2) is 9.97 Å². The molecule has 2 aromatic rings. The van der Waals surface area contributed by atoms with Crippen molar-refractivity contribution in [1.29, 1.82) is 0 Å². The Morgan fingerprint density at radius 3 is 2.68 bits per heavy atom. The van der Waals surface area contributed by atoms with Gasteiger partial charge in [0.1, 0.15) is 5.75 Å². The minimum absolute atomic E-state index is 0.222. The summed E-state index contributed by atoms with van der Waals surface area (Å²) in [6.45, 7) is 2.72. The molecule has 1 aliphatic carbocycles. The van der Waals surface area contributed by atoms with Crippen LogP contribution in [-0.4, -0.2) is 54.3 Å². The average Bonchev–Trinajstić information content (AvgIpc) is 3.12. The maximum Gasteiger partial charge on any atom is 0.224 e. The van der Waals surface area contributed by atoms with Gasteiger partial charge in [0.25, 0.3) is 0 Å². The van der Waals surface area contributed by atoms with E-state index in [9.17, 15) is 5.11 Å². The number of likely N-dealkylation sites (tertiary alicyclic amines) is 1. The summed E-state index contributed by atoms with van der Waals surface area (Å²) in [4.78, 5) is 13.2. The van der Waals surface area contributed by atoms with E-state index in [1.54, 1.807) is 7.11 Å². The minimum Gasteiger partial charge on any atom is -0.496 e. The summed E-state index contributed by atoms with van der Waals surface area (Å²) >= 11 is 0. The highest BCUT2D eigenvalue weighted by Crippen LogP contribution is 2.50. The monoisotopic (exact) mass is 382 g/mol. The predicted octanol–water partition coefficient (Wildman–Crippen LogP) is 2.67. The third-order valence-corrected chi connectivity index (χ3v) is 6.33. The molecular weight excluding hydrogens is 352 g/mol. The van der Waals surface area contributed by atoms with Crippen LogP contribution in [0.5, 0.6) is 5.75 Å². The average molecular weight is 383 g/mol. The van der Waals surface area contributed by atoms with Gasteiger partial charge in [-0.15, -0.1) is 0 Å². The largest absolute Gasteiger partial charge is 0.496 e. The number of hydrogen-bond acceptors (Lipinski definition) is 6. The van der Waals surface area contributed by atoms with Crippen LogP contribution in [0, 0.1) is 11.8 Å². The van der Waals surface area contributed by atoms with Gasteiger partial charge in [0.2, 0.25) is 5.95 Å². The maximum absolute atomic E-state index is 11.8. The van der Waals surface area contributed by atoms with E-state index in [-0.39, 0.29) is 5.92 Å². The van der Waals surface area contributed by atoms with Crippen molar-refractivity contribution in [2.24, 2.45) is 11.8 Å². The second-order valence-corrected chi connectivity index (χ2v) is 8.36. The predicted molar refractivity (Wildman–Crippen MR) is 109 cm³/mol. The highest BCUT2D eigenvalue weighted by Gasteiger charge is 2.50. The number of methoxy groups -OCH3 is 1. The van der Waals surface area contributed by atoms with Crippen molar-refractivity contribution in [2.45, 2.75) is 31.4 Å². The molecule has 2 aliphatic rings. The summed E-state index contributed by atoms with van der Waals surface area (Å²) in [6.07, 6.45) is 6.84. The normalized spacial score (nSPS) is 27.4. The Kier molecular flexibility index (Phi) is 5.25. The summed E-state index contributed by atoms with van der Waals surface area (Å²) in [7, 11) is 5.57. The molecule has 3 atom stereocenters. The Hall–Kier alpha value is -2.18. The third-order valence-electron chi connectivity index (χ3n) is 6.33. The van der Waals surface area contributed by atoms with Gasteiger partial charge in [0.15, 0.2) is 0 Å². The van der Waals surface area contributed by atoms with Crippen molar-refractivity contribution in [3.63, 3.8) is 0 Å². The number of ether oxygens (including phenoxy) is 1. The van der Waals surface area contributed by atoms with Crippen LogP contribution < -0.4 is 9.64 Å². The van der Waals surface area contributed by atoms with Crippen LogP contribution >= 0.6 is 0 Å². The fourth-order valence-electron chi connectivity index (χ4n) is 5.00. The zero-order valence-corrected chi connectivity index (χ0v) is 17.0. The molecule has 1 saturated carbocycles. The molecule has 0 unspecified atom stereocenters. The number of aromatic nitrogens is 2. The quantitative estimate of drug-likeness (QED) is 0.858. The maximum atomic E-state index is 11.8. The molecule has 6 nitrogen and oxygen atoms in total. The lowest BCUT2D eigenvalue weighted by atomic mass is 9.67. The Balaban J connectivity index is 1.53. The number of para-hydroxylation sites is 1. The Morgan fingerprint density at radius 1 is 1.21 bits per heavy atom. The van der Waals surface area contributed by atoms with Crippen LogP contribution in [0.25, 0.3) is 0 Å². The van der Waals surface area contributed by atoms with Gasteiger partial charge in [-0.1, -0.05) is 18.2 Å². The SMILES string of the molecule is COc1ccccc1[C@]1(O)CCC[C@H]2CN(Cc3cnc(N(C)C)nc3)C[C@H]21. The van der Waals surface area contributed by atoms with E-state index in [4.69, 9.17) is 4.74 Å². The summed E-state index contributed by atoms with van der Waals surface area (Å²) in [5.41, 5.74) is 1.23. The van der Waals surface area contributed by atoms with E-state index < -0.39 is 5.60 Å². The zero-order valence-electron chi connectivity index (χ0n) is 17.0. The van der Waals surface area contributed by atoms with E-state index in [1.807, 2.05) is 55.7 Å². The number of anilines is 1. The summed E-state index contributed by atoms with van der Waals surface area (Å²) in [5.74, 6) is 2.24. The molecule has 1 saturated heterocycles. The van der Waals surface area contributed by atoms with Gasteiger partial charge < -0.3 is 14.7 Å². The van der Waals surface area contributed by atoms with Crippen LogP contribution in [-0.2, 0) is 12.1 Å². The van der Waals surface area contributed by atoms with Crippen LogP contribution in [0.15, 0.2) is 36.7 Å². The zero-order chi connectivity index (χ0) is 19.7. The molecule has 0 radical (unpaired) electrons. The minimum atomic E-state index is -0.824. The number of benzene rings is 1. The number of nitrogens with zero attached hydrogens (tertiary/aromatic N) is 4. The van der Waals surface area contributed by atoms with Crippen LogP contribution in [0.3, 0.4) is 0 Å². The molecule has 150 valence electrons. The molecule has 2 heterocycles. The molecule has 0 bridgehead atoms. The summed E-state index contributed by atoms with van der Waals surface area (Å²) < 4.78 is 5.57. The molecule has 1 N–H and O–H groups in total. The first-order chi connectivity index (χ1) is 13.5. The third kappa shape index (κ3) is 3.47. The Bertz CT molecular complexity index is 810. The lowest BCUT2D eigenvalue weighted by molar-refractivity contribution is -0.0662. The van der Waals surface area contributed by atoms with Gasteiger partial charge >= 0.3 is 0 Å². The molecule has 28 heavy (non-hydrogen) atoms. The van der Waals surface area contributed by atoms with Gasteiger partial charge in [-0.3, -0.25) is 4.90 Å². The second-order valence-electron chi connectivity index (χ2n) is 8.36. The smallest absolute Gasteiger partial charge is 0.224 e. The molecule has 6 heteroatoms. The first kappa shape index (κ1) is 19.2. The van der Waals surface area contributed by atoms with E-state index in [1.165, 1.54) is 6.42 Å². The van der Waals surface area contributed by atoms with Crippen LogP contribution in [0.2, 0.25) is 0 Å². The molecule has 1 aliphatic heterocycles. The van der Waals surface area contributed by atoms with Gasteiger partial charge in [-0.05, 0) is 31.2 Å². The van der Waals surface area contributed by atoms with Crippen LogP contribution in [0.1, 0.15) is 30.4 Å². The highest BCUT2D eigenvalue weighted by atomic mass is 16.5. The lowest BCUT2D eigenvalue weighted by Crippen LogP contribution is -2.43. The van der Waals surface area contributed by atoms with E-state index in [0.29, 0.717) is 5.92 Å². The molecule has 2 fully saturated rings. The standard InChI is InChI=1S/C22H30N4O2/c1-25(2)21-23-11-16(12-24-21)13-26-14-17-7-6-10-22(27,19(17)15-26)18-8-4-5-9-20(18)28-3/h4-5,8-9,11-12,17,19,27H,6-7,10,13-15H2,1-3H3/t17-,19+,22+/m0/s1. The molecule has 1 aromatic heterocycles. The summed E-state index contributed by atoms with van der Waals surface area (Å²) in [6, 6.07) is 7.94. The Labute approximate surface area is 167 Å². The van der Waals surface area contributed by atoms with E-state index in [0.717, 1.165) is 55.3 Å². The number of hydrogen-bond donors (Lipinski definition) is 1. The fraction of sp³-hybridized carbons (Fsp3) is 0.545. The lowest BCUT2D eigenvalue weighted by Gasteiger charge is -2.42. The van der Waals surface area contributed by atoms with Crippen molar-refractivity contribution < 1.29 is 9.84 Å². The number of rotatable bonds is 5. The summed E-state index contributed by atoms with van der Waals surface area (Å²) in [5, 5.41) is 11.8. The highest BCUT2D eigenvalue weighted by molar-refractivity contribution is 5.39. The van der Waals surface area contributed by atoms with E-state index >= 15 is 0 Å². The first-order valence-corrected chi connectivity index (χ1v) is 10.1. The van der Waals surface area contributed by atoms with Gasteiger partial charge in [0.05, 0.1) is 12.7 Å². The molecular formula is C22H30N4O2. The molecule has 0 amide bonds. The topological polar surface area (TPSA) is 61.7 Å². The molecule has 4 rings (SSSR count). The number of fused-ring (bicyclic) bond motifs is 1. The van der Waals surface area contributed by atoms with Gasteiger partial charge in [0, 0.05) is 63.2 Å². The van der Waals surface area contributed by atoms with Crippen molar-refractivity contribution in [3.8, 4) is 5.75 Å². The first-order valence-electron chi connectivity index (χ1n) is 10.1. The fourth-order valence-corrected chi connectivity index (χ4v) is 5.00.